The number of sulfonamides is 1. The van der Waals surface area contributed by atoms with E-state index in [4.69, 9.17) is 11.6 Å². The number of imidazole rings is 1. The predicted octanol–water partition coefficient (Wildman–Crippen LogP) is 0.121. The molecule has 0 atom stereocenters. The minimum Gasteiger partial charge on any atom is -0.338 e. The molecule has 5 nitrogen and oxygen atoms in total. The first kappa shape index (κ1) is 12.5. The van der Waals surface area contributed by atoms with Crippen molar-refractivity contribution in [2.45, 2.75) is 6.42 Å². The van der Waals surface area contributed by atoms with Crippen molar-refractivity contribution in [2.24, 2.45) is 7.05 Å². The Bertz CT molecular complexity index is 402. The van der Waals surface area contributed by atoms with Crippen LogP contribution in [0.25, 0.3) is 0 Å². The highest BCUT2D eigenvalue weighted by Crippen LogP contribution is 1.95. The summed E-state index contributed by atoms with van der Waals surface area (Å²) in [7, 11) is -1.35. The van der Waals surface area contributed by atoms with Gasteiger partial charge in [-0.2, -0.15) is 0 Å². The molecule has 1 rings (SSSR count). The van der Waals surface area contributed by atoms with Crippen LogP contribution in [0.2, 0.25) is 0 Å². The van der Waals surface area contributed by atoms with Crippen LogP contribution in [0.4, 0.5) is 0 Å². The van der Waals surface area contributed by atoms with Gasteiger partial charge in [0.1, 0.15) is 5.82 Å². The van der Waals surface area contributed by atoms with Crippen LogP contribution in [0.3, 0.4) is 0 Å². The van der Waals surface area contributed by atoms with Crippen LogP contribution in [0.5, 0.6) is 0 Å². The lowest BCUT2D eigenvalue weighted by molar-refractivity contribution is 0.581. The zero-order valence-electron chi connectivity index (χ0n) is 8.48. The summed E-state index contributed by atoms with van der Waals surface area (Å²) < 4.78 is 26.8. The molecule has 0 amide bonds. The zero-order chi connectivity index (χ0) is 11.3. The maximum atomic E-state index is 11.2. The summed E-state index contributed by atoms with van der Waals surface area (Å²) in [5.74, 6) is 0.913. The minimum absolute atomic E-state index is 0.0465. The summed E-state index contributed by atoms with van der Waals surface area (Å²) in [5.41, 5.74) is 0. The van der Waals surface area contributed by atoms with Gasteiger partial charge in [0.2, 0.25) is 10.0 Å². The lowest BCUT2D eigenvalue weighted by Gasteiger charge is -2.04. The van der Waals surface area contributed by atoms with Gasteiger partial charge in [-0.15, -0.1) is 11.6 Å². The fourth-order valence-electron chi connectivity index (χ4n) is 1.13. The lowest BCUT2D eigenvalue weighted by Crippen LogP contribution is -2.29. The number of hydrogen-bond donors (Lipinski definition) is 1. The van der Waals surface area contributed by atoms with Crippen LogP contribution < -0.4 is 4.72 Å². The molecule has 1 N–H and O–H groups in total. The van der Waals surface area contributed by atoms with Gasteiger partial charge in [0.25, 0.3) is 0 Å². The normalized spacial score (nSPS) is 11.9. The van der Waals surface area contributed by atoms with Crippen LogP contribution in [-0.4, -0.2) is 36.1 Å². The minimum atomic E-state index is -3.22. The SMILES string of the molecule is Cn1ccnc1CCNS(=O)(=O)CCCl. The maximum absolute atomic E-state index is 11.2. The molecule has 86 valence electrons. The van der Waals surface area contributed by atoms with E-state index in [0.717, 1.165) is 5.82 Å². The Kier molecular flexibility index (Phi) is 4.56. The monoisotopic (exact) mass is 251 g/mol. The van der Waals surface area contributed by atoms with Crippen LogP contribution in [0.15, 0.2) is 12.4 Å². The van der Waals surface area contributed by atoms with Gasteiger partial charge in [0, 0.05) is 38.3 Å². The molecule has 0 bridgehead atoms. The second kappa shape index (κ2) is 5.48. The Morgan fingerprint density at radius 1 is 1.60 bits per heavy atom. The van der Waals surface area contributed by atoms with Crippen LogP contribution in [-0.2, 0) is 23.5 Å². The molecule has 0 radical (unpaired) electrons. The van der Waals surface area contributed by atoms with E-state index in [9.17, 15) is 8.42 Å². The van der Waals surface area contributed by atoms with Crippen molar-refractivity contribution in [3.05, 3.63) is 18.2 Å². The molecule has 7 heteroatoms. The summed E-state index contributed by atoms with van der Waals surface area (Å²) in [5, 5.41) is 0. The highest BCUT2D eigenvalue weighted by molar-refractivity contribution is 7.89. The van der Waals surface area contributed by atoms with Crippen molar-refractivity contribution in [1.29, 1.82) is 0 Å². The summed E-state index contributed by atoms with van der Waals surface area (Å²) in [6.07, 6.45) is 4.08. The van der Waals surface area contributed by atoms with E-state index >= 15 is 0 Å². The van der Waals surface area contributed by atoms with Gasteiger partial charge >= 0.3 is 0 Å². The number of alkyl halides is 1. The molecule has 0 aromatic carbocycles. The summed E-state index contributed by atoms with van der Waals surface area (Å²) in [6, 6.07) is 0. The summed E-state index contributed by atoms with van der Waals surface area (Å²) in [4.78, 5) is 4.08. The molecule has 0 unspecified atom stereocenters. The third kappa shape index (κ3) is 4.19. The average Bonchev–Trinajstić information content (AvgIpc) is 2.51. The third-order valence-corrected chi connectivity index (χ3v) is 3.74. The van der Waals surface area contributed by atoms with Crippen molar-refractivity contribution >= 4 is 21.6 Å². The highest BCUT2D eigenvalue weighted by atomic mass is 35.5. The van der Waals surface area contributed by atoms with Crippen molar-refractivity contribution in [1.82, 2.24) is 14.3 Å². The number of aryl methyl sites for hydroxylation is 1. The van der Waals surface area contributed by atoms with Crippen molar-refractivity contribution < 1.29 is 8.42 Å². The third-order valence-electron chi connectivity index (χ3n) is 1.94. The number of halogens is 1. The van der Waals surface area contributed by atoms with E-state index in [1.807, 2.05) is 17.8 Å². The molecule has 0 saturated carbocycles. The van der Waals surface area contributed by atoms with Crippen molar-refractivity contribution in [2.75, 3.05) is 18.2 Å². The Hall–Kier alpha value is -0.590. The Labute approximate surface area is 94.5 Å². The Morgan fingerprint density at radius 3 is 2.87 bits per heavy atom. The van der Waals surface area contributed by atoms with E-state index in [-0.39, 0.29) is 11.6 Å². The highest BCUT2D eigenvalue weighted by Gasteiger charge is 2.08. The van der Waals surface area contributed by atoms with Crippen molar-refractivity contribution in [3.63, 3.8) is 0 Å². The Morgan fingerprint density at radius 2 is 2.33 bits per heavy atom. The summed E-state index contributed by atoms with van der Waals surface area (Å²) >= 11 is 5.35. The van der Waals surface area contributed by atoms with E-state index in [1.165, 1.54) is 0 Å². The average molecular weight is 252 g/mol. The molecule has 1 aromatic rings. The fourth-order valence-corrected chi connectivity index (χ4v) is 2.50. The topological polar surface area (TPSA) is 64.0 Å². The fraction of sp³-hybridized carbons (Fsp3) is 0.625. The molecule has 1 aromatic heterocycles. The molecule has 0 saturated heterocycles. The number of rotatable bonds is 6. The standard InChI is InChI=1S/C8H14ClN3O2S/c1-12-6-5-10-8(12)2-4-11-15(13,14)7-3-9/h5-6,11H,2-4,7H2,1H3. The smallest absolute Gasteiger partial charge is 0.212 e. The largest absolute Gasteiger partial charge is 0.338 e. The predicted molar refractivity (Wildman–Crippen MR) is 59.4 cm³/mol. The molecular formula is C8H14ClN3O2S. The Balaban J connectivity index is 2.37. The van der Waals surface area contributed by atoms with Crippen LogP contribution in [0, 0.1) is 0 Å². The first-order valence-corrected chi connectivity index (χ1v) is 6.73. The number of aromatic nitrogens is 2. The molecule has 0 spiro atoms. The molecule has 0 aliphatic carbocycles. The quantitative estimate of drug-likeness (QED) is 0.731. The van der Waals surface area contributed by atoms with E-state index < -0.39 is 10.0 Å². The van der Waals surface area contributed by atoms with Crippen molar-refractivity contribution in [3.8, 4) is 0 Å². The zero-order valence-corrected chi connectivity index (χ0v) is 10.1. The van der Waals surface area contributed by atoms with E-state index in [1.54, 1.807) is 6.20 Å². The second-order valence-electron chi connectivity index (χ2n) is 3.11. The van der Waals surface area contributed by atoms with Gasteiger partial charge in [-0.1, -0.05) is 0 Å². The van der Waals surface area contributed by atoms with Gasteiger partial charge < -0.3 is 4.57 Å². The molecule has 15 heavy (non-hydrogen) atoms. The van der Waals surface area contributed by atoms with Gasteiger partial charge in [-0.05, 0) is 0 Å². The van der Waals surface area contributed by atoms with Gasteiger partial charge in [0.15, 0.2) is 0 Å². The molecule has 0 fully saturated rings. The number of nitrogens with one attached hydrogen (secondary N) is 1. The van der Waals surface area contributed by atoms with Gasteiger partial charge in [-0.25, -0.2) is 18.1 Å². The maximum Gasteiger partial charge on any atom is 0.212 e. The molecule has 0 aliphatic heterocycles. The molecular weight excluding hydrogens is 238 g/mol. The van der Waals surface area contributed by atoms with Gasteiger partial charge in [-0.3, -0.25) is 0 Å². The first-order chi connectivity index (χ1) is 7.05. The van der Waals surface area contributed by atoms with E-state index in [0.29, 0.717) is 13.0 Å². The van der Waals surface area contributed by atoms with Crippen LogP contribution >= 0.6 is 11.6 Å². The first-order valence-electron chi connectivity index (χ1n) is 4.54. The molecule has 1 heterocycles. The molecule has 0 aliphatic rings. The van der Waals surface area contributed by atoms with Crippen LogP contribution in [0.1, 0.15) is 5.82 Å². The lowest BCUT2D eigenvalue weighted by atomic mass is 10.4. The van der Waals surface area contributed by atoms with E-state index in [2.05, 4.69) is 9.71 Å². The number of nitrogens with zero attached hydrogens (tertiary/aromatic N) is 2. The number of hydrogen-bond acceptors (Lipinski definition) is 3. The summed E-state index contributed by atoms with van der Waals surface area (Å²) in [6.45, 7) is 0.351. The second-order valence-corrected chi connectivity index (χ2v) is 5.41. The van der Waals surface area contributed by atoms with Gasteiger partial charge in [0.05, 0.1) is 5.75 Å².